The van der Waals surface area contributed by atoms with Gasteiger partial charge in [-0.15, -0.1) is 0 Å². The summed E-state index contributed by atoms with van der Waals surface area (Å²) in [6.45, 7) is 3.77. The molecule has 84 valence electrons. The van der Waals surface area contributed by atoms with E-state index in [1.54, 1.807) is 18.3 Å². The maximum absolute atomic E-state index is 11.7. The van der Waals surface area contributed by atoms with Crippen LogP contribution in [0.1, 0.15) is 25.5 Å². The number of carbonyl (C=O) groups is 1. The molecule has 0 radical (unpaired) electrons. The third-order valence-electron chi connectivity index (χ3n) is 2.31. The highest BCUT2D eigenvalue weighted by Gasteiger charge is 2.17. The Morgan fingerprint density at radius 2 is 2.44 bits per heavy atom. The van der Waals surface area contributed by atoms with E-state index in [0.717, 1.165) is 12.1 Å². The van der Waals surface area contributed by atoms with Gasteiger partial charge < -0.3 is 5.32 Å². The van der Waals surface area contributed by atoms with E-state index < -0.39 is 5.92 Å². The molecule has 1 unspecified atom stereocenters. The summed E-state index contributed by atoms with van der Waals surface area (Å²) in [5.74, 6) is -0.829. The van der Waals surface area contributed by atoms with E-state index in [1.807, 2.05) is 19.9 Å². The Labute approximate surface area is 95.3 Å². The van der Waals surface area contributed by atoms with Crippen LogP contribution in [0, 0.1) is 24.2 Å². The number of nitriles is 1. The van der Waals surface area contributed by atoms with Gasteiger partial charge in [0.15, 0.2) is 0 Å². The first-order chi connectivity index (χ1) is 7.69. The predicted molar refractivity (Wildman–Crippen MR) is 61.6 cm³/mol. The average Bonchev–Trinajstić information content (AvgIpc) is 2.29. The fourth-order valence-electron chi connectivity index (χ4n) is 1.38. The summed E-state index contributed by atoms with van der Waals surface area (Å²) in [7, 11) is 0. The number of rotatable bonds is 4. The number of aryl methyl sites for hydroxylation is 1. The fourth-order valence-corrected chi connectivity index (χ4v) is 1.38. The summed E-state index contributed by atoms with van der Waals surface area (Å²) in [6, 6.07) is 5.54. The lowest BCUT2D eigenvalue weighted by atomic mass is 10.0. The molecule has 0 bridgehead atoms. The molecule has 1 heterocycles. The minimum atomic E-state index is -0.579. The van der Waals surface area contributed by atoms with Crippen LogP contribution in [0.25, 0.3) is 0 Å². The zero-order valence-corrected chi connectivity index (χ0v) is 9.53. The van der Waals surface area contributed by atoms with Crippen molar-refractivity contribution in [2.75, 3.05) is 5.32 Å². The molecule has 1 rings (SSSR count). The Morgan fingerprint density at radius 1 is 1.69 bits per heavy atom. The Bertz CT molecular complexity index is 409. The number of anilines is 1. The van der Waals surface area contributed by atoms with Gasteiger partial charge in [-0.25, -0.2) is 0 Å². The Morgan fingerprint density at radius 3 is 3.00 bits per heavy atom. The van der Waals surface area contributed by atoms with Crippen molar-refractivity contribution < 1.29 is 4.79 Å². The molecule has 4 heteroatoms. The summed E-state index contributed by atoms with van der Waals surface area (Å²) in [4.78, 5) is 15.8. The highest BCUT2D eigenvalue weighted by molar-refractivity contribution is 5.94. The number of hydrogen-bond acceptors (Lipinski definition) is 3. The molecule has 0 saturated heterocycles. The van der Waals surface area contributed by atoms with Crippen molar-refractivity contribution in [2.24, 2.45) is 5.92 Å². The molecule has 4 nitrogen and oxygen atoms in total. The van der Waals surface area contributed by atoms with Crippen LogP contribution in [0.3, 0.4) is 0 Å². The topological polar surface area (TPSA) is 65.8 Å². The highest BCUT2D eigenvalue weighted by Crippen LogP contribution is 2.13. The molecule has 1 N–H and O–H groups in total. The van der Waals surface area contributed by atoms with E-state index in [4.69, 9.17) is 5.26 Å². The first kappa shape index (κ1) is 12.2. The van der Waals surface area contributed by atoms with Gasteiger partial charge in [0.2, 0.25) is 5.91 Å². The minimum absolute atomic E-state index is 0.250. The van der Waals surface area contributed by atoms with Crippen molar-refractivity contribution in [3.8, 4) is 6.07 Å². The van der Waals surface area contributed by atoms with Crippen molar-refractivity contribution in [1.29, 1.82) is 5.26 Å². The molecule has 0 aromatic carbocycles. The normalized spacial score (nSPS) is 11.6. The molecule has 0 aliphatic rings. The van der Waals surface area contributed by atoms with Gasteiger partial charge in [0.05, 0.1) is 17.5 Å². The number of amides is 1. The van der Waals surface area contributed by atoms with Crippen molar-refractivity contribution >= 4 is 11.6 Å². The van der Waals surface area contributed by atoms with Crippen LogP contribution in [0.5, 0.6) is 0 Å². The van der Waals surface area contributed by atoms with Gasteiger partial charge >= 0.3 is 0 Å². The molecular weight excluding hydrogens is 202 g/mol. The third kappa shape index (κ3) is 3.06. The third-order valence-corrected chi connectivity index (χ3v) is 2.31. The van der Waals surface area contributed by atoms with Gasteiger partial charge in [0.1, 0.15) is 5.92 Å². The largest absolute Gasteiger partial charge is 0.323 e. The van der Waals surface area contributed by atoms with Crippen LogP contribution in [0.2, 0.25) is 0 Å². The van der Waals surface area contributed by atoms with E-state index in [-0.39, 0.29) is 5.91 Å². The Kier molecular flexibility index (Phi) is 4.46. The molecule has 0 aliphatic heterocycles. The average molecular weight is 217 g/mol. The number of pyridine rings is 1. The van der Waals surface area contributed by atoms with Crippen molar-refractivity contribution in [3.05, 3.63) is 24.0 Å². The maximum atomic E-state index is 11.7. The fraction of sp³-hybridized carbons (Fsp3) is 0.417. The molecule has 0 spiro atoms. The molecule has 0 aliphatic carbocycles. The predicted octanol–water partition coefficient (Wildman–Crippen LogP) is 2.27. The first-order valence-corrected chi connectivity index (χ1v) is 5.31. The Balaban J connectivity index is 2.71. The lowest BCUT2D eigenvalue weighted by molar-refractivity contribution is -0.118. The lowest BCUT2D eigenvalue weighted by Crippen LogP contribution is -2.22. The number of carbonyl (C=O) groups excluding carboxylic acids is 1. The smallest absolute Gasteiger partial charge is 0.241 e. The lowest BCUT2D eigenvalue weighted by Gasteiger charge is -2.10. The quantitative estimate of drug-likeness (QED) is 0.841. The number of aromatic nitrogens is 1. The van der Waals surface area contributed by atoms with Crippen LogP contribution in [-0.2, 0) is 4.79 Å². The maximum Gasteiger partial charge on any atom is 0.241 e. The highest BCUT2D eigenvalue weighted by atomic mass is 16.1. The Hall–Kier alpha value is -1.89. The zero-order valence-electron chi connectivity index (χ0n) is 9.53. The summed E-state index contributed by atoms with van der Waals surface area (Å²) in [5.41, 5.74) is 1.42. The van der Waals surface area contributed by atoms with E-state index in [0.29, 0.717) is 12.1 Å². The van der Waals surface area contributed by atoms with Crippen LogP contribution in [-0.4, -0.2) is 10.9 Å². The summed E-state index contributed by atoms with van der Waals surface area (Å²) in [6.07, 6.45) is 3.07. The standard InChI is InChI=1S/C12H15N3O/c1-3-5-10(8-13)12(16)15-11-6-4-7-14-9(11)2/h4,6-7,10H,3,5H2,1-2H3,(H,15,16). The molecule has 0 fully saturated rings. The summed E-state index contributed by atoms with van der Waals surface area (Å²) < 4.78 is 0. The van der Waals surface area contributed by atoms with Crippen molar-refractivity contribution in [1.82, 2.24) is 4.98 Å². The molecule has 0 saturated carbocycles. The number of nitrogens with zero attached hydrogens (tertiary/aromatic N) is 2. The zero-order chi connectivity index (χ0) is 12.0. The second-order valence-corrected chi connectivity index (χ2v) is 3.60. The molecule has 1 atom stereocenters. The van der Waals surface area contributed by atoms with Crippen LogP contribution in [0.4, 0.5) is 5.69 Å². The van der Waals surface area contributed by atoms with Crippen LogP contribution in [0.15, 0.2) is 18.3 Å². The summed E-state index contributed by atoms with van der Waals surface area (Å²) in [5, 5.41) is 11.6. The molecule has 16 heavy (non-hydrogen) atoms. The monoisotopic (exact) mass is 217 g/mol. The van der Waals surface area contributed by atoms with Crippen molar-refractivity contribution in [2.45, 2.75) is 26.7 Å². The van der Waals surface area contributed by atoms with Gasteiger partial charge in [0, 0.05) is 6.20 Å². The van der Waals surface area contributed by atoms with E-state index in [9.17, 15) is 4.79 Å². The van der Waals surface area contributed by atoms with Gasteiger partial charge in [-0.05, 0) is 25.5 Å². The molecule has 1 aromatic rings. The number of nitrogens with one attached hydrogen (secondary N) is 1. The second-order valence-electron chi connectivity index (χ2n) is 3.60. The van der Waals surface area contributed by atoms with Gasteiger partial charge in [-0.1, -0.05) is 13.3 Å². The molecular formula is C12H15N3O. The second kappa shape index (κ2) is 5.86. The minimum Gasteiger partial charge on any atom is -0.323 e. The van der Waals surface area contributed by atoms with E-state index >= 15 is 0 Å². The van der Waals surface area contributed by atoms with Gasteiger partial charge in [-0.2, -0.15) is 5.26 Å². The molecule has 1 aromatic heterocycles. The SMILES string of the molecule is CCCC(C#N)C(=O)Nc1cccnc1C. The van der Waals surface area contributed by atoms with E-state index in [1.165, 1.54) is 0 Å². The van der Waals surface area contributed by atoms with E-state index in [2.05, 4.69) is 10.3 Å². The summed E-state index contributed by atoms with van der Waals surface area (Å²) >= 11 is 0. The van der Waals surface area contributed by atoms with Gasteiger partial charge in [-0.3, -0.25) is 9.78 Å². The number of hydrogen-bond donors (Lipinski definition) is 1. The molecule has 1 amide bonds. The van der Waals surface area contributed by atoms with Gasteiger partial charge in [0.25, 0.3) is 0 Å². The first-order valence-electron chi connectivity index (χ1n) is 5.31. The van der Waals surface area contributed by atoms with Crippen LogP contribution >= 0.6 is 0 Å². The van der Waals surface area contributed by atoms with Crippen LogP contribution < -0.4 is 5.32 Å². The van der Waals surface area contributed by atoms with Crippen molar-refractivity contribution in [3.63, 3.8) is 0 Å².